The fourth-order valence-corrected chi connectivity index (χ4v) is 2.26. The molecule has 2 aromatic carbocycles. The smallest absolute Gasteiger partial charge is 0 e. The molecule has 0 unspecified atom stereocenters. The van der Waals surface area contributed by atoms with Gasteiger partial charge in [-0.1, -0.05) is 63.6 Å². The molecular weight excluding hydrogens is 337 g/mol. The topological polar surface area (TPSA) is 0 Å². The van der Waals surface area contributed by atoms with Crippen molar-refractivity contribution in [2.24, 2.45) is 0 Å². The van der Waals surface area contributed by atoms with Crippen molar-refractivity contribution in [2.45, 2.75) is 27.7 Å². The summed E-state index contributed by atoms with van der Waals surface area (Å²) in [5.74, 6) is 0. The van der Waals surface area contributed by atoms with Crippen LogP contribution in [0, 0.1) is 27.7 Å². The number of hydrogen-bond donors (Lipinski definition) is 0. The molecule has 2 aromatic rings. The van der Waals surface area contributed by atoms with Gasteiger partial charge < -0.3 is 0 Å². The summed E-state index contributed by atoms with van der Waals surface area (Å²) in [5.41, 5.74) is 8.49. The Labute approximate surface area is 146 Å². The minimum Gasteiger partial charge on any atom is -0.161 e. The normalized spacial score (nSPS) is 8.42. The predicted octanol–water partition coefficient (Wildman–Crippen LogP) is 5.57. The van der Waals surface area contributed by atoms with Crippen LogP contribution >= 0.6 is 37.2 Å². The Morgan fingerprint density at radius 3 is 1.63 bits per heavy atom. The van der Waals surface area contributed by atoms with Crippen LogP contribution in [-0.2, 0) is 18.6 Å². The summed E-state index contributed by atoms with van der Waals surface area (Å²) in [4.78, 5) is 0. The van der Waals surface area contributed by atoms with Gasteiger partial charge >= 0.3 is 0 Å². The van der Waals surface area contributed by atoms with Crippen LogP contribution in [0.5, 0.6) is 0 Å². The van der Waals surface area contributed by atoms with Crippen molar-refractivity contribution < 1.29 is 18.6 Å². The molecule has 0 aliphatic heterocycles. The number of hydrogen-bond acceptors (Lipinski definition) is 0. The van der Waals surface area contributed by atoms with Gasteiger partial charge in [0.05, 0.1) is 0 Å². The van der Waals surface area contributed by atoms with E-state index >= 15 is 0 Å². The van der Waals surface area contributed by atoms with Gasteiger partial charge in [-0.05, 0) is 0 Å². The molecule has 0 amide bonds. The zero-order chi connectivity index (χ0) is 11.0. The molecule has 4 heteroatoms. The summed E-state index contributed by atoms with van der Waals surface area (Å²) < 4.78 is 0. The van der Waals surface area contributed by atoms with E-state index in [9.17, 15) is 0 Å². The third-order valence-corrected chi connectivity index (χ3v) is 3.50. The fourth-order valence-electron chi connectivity index (χ4n) is 2.26. The van der Waals surface area contributed by atoms with Gasteiger partial charge in [0.25, 0.3) is 0 Å². The molecule has 2 rings (SSSR count). The van der Waals surface area contributed by atoms with Crippen molar-refractivity contribution in [3.05, 3.63) is 52.6 Å². The Balaban J connectivity index is -0.000000640. The molecule has 0 aliphatic rings. The van der Waals surface area contributed by atoms with Crippen molar-refractivity contribution >= 4 is 37.2 Å². The monoisotopic (exact) mass is 356 g/mol. The van der Waals surface area contributed by atoms with Gasteiger partial charge in [-0.25, -0.2) is 0 Å². The van der Waals surface area contributed by atoms with Crippen LogP contribution in [0.4, 0.5) is 0 Å². The second kappa shape index (κ2) is 9.85. The zero-order valence-corrected chi connectivity index (χ0v) is 15.4. The molecule has 0 aromatic heterocycles. The van der Waals surface area contributed by atoms with Crippen LogP contribution in [0.1, 0.15) is 22.3 Å². The summed E-state index contributed by atoms with van der Waals surface area (Å²) in [6.07, 6.45) is 0. The first-order chi connectivity index (χ1) is 7.13. The summed E-state index contributed by atoms with van der Waals surface area (Å²) in [6.45, 7) is 8.86. The third kappa shape index (κ3) is 4.51. The molecule has 107 valence electrons. The van der Waals surface area contributed by atoms with Crippen LogP contribution in [0.2, 0.25) is 0 Å². The average Bonchev–Trinajstić information content (AvgIpc) is 2.45. The molecule has 0 nitrogen and oxygen atoms in total. The Bertz CT molecular complexity index is 464. The predicted molar refractivity (Wildman–Crippen MR) is 88.2 cm³/mol. The Hall–Kier alpha value is 0.0244. The first-order valence-corrected chi connectivity index (χ1v) is 5.41. The molecule has 0 aliphatic carbocycles. The minimum absolute atomic E-state index is 0. The van der Waals surface area contributed by atoms with Gasteiger partial charge in [0.15, 0.2) is 0 Å². The first kappa shape index (κ1) is 24.1. The average molecular weight is 358 g/mol. The van der Waals surface area contributed by atoms with Gasteiger partial charge in [0, 0.05) is 18.6 Å². The standard InChI is InChI=1S/C15H17.3ClH.V/c1-10-11(2)13(4)15(12(10)3)14-8-6-5-7-9-14;;;;/h5-9H,1-4H3;3*1H;/q-1;;;;. The minimum atomic E-state index is 0. The largest absolute Gasteiger partial charge is 0.161 e. The van der Waals surface area contributed by atoms with E-state index < -0.39 is 0 Å². The summed E-state index contributed by atoms with van der Waals surface area (Å²) >= 11 is 0. The van der Waals surface area contributed by atoms with Crippen LogP contribution in [0.15, 0.2) is 30.3 Å². The van der Waals surface area contributed by atoms with Crippen molar-refractivity contribution in [3.63, 3.8) is 0 Å². The Morgan fingerprint density at radius 2 is 1.26 bits per heavy atom. The van der Waals surface area contributed by atoms with Crippen molar-refractivity contribution in [2.75, 3.05) is 0 Å². The van der Waals surface area contributed by atoms with Crippen LogP contribution in [-0.4, -0.2) is 0 Å². The van der Waals surface area contributed by atoms with E-state index in [-0.39, 0.29) is 55.8 Å². The van der Waals surface area contributed by atoms with Crippen molar-refractivity contribution in [1.29, 1.82) is 0 Å². The Kier molecular flexibility index (Phi) is 12.5. The summed E-state index contributed by atoms with van der Waals surface area (Å²) in [5, 5.41) is 0. The maximum Gasteiger partial charge on any atom is 0 e. The van der Waals surface area contributed by atoms with E-state index in [1.165, 1.54) is 33.4 Å². The molecule has 0 atom stereocenters. The van der Waals surface area contributed by atoms with E-state index in [1.807, 2.05) is 0 Å². The molecule has 0 saturated carbocycles. The molecule has 0 N–H and O–H groups in total. The third-order valence-electron chi connectivity index (χ3n) is 3.50. The molecular formula is C15H20Cl3V-. The van der Waals surface area contributed by atoms with Crippen LogP contribution < -0.4 is 0 Å². The first-order valence-electron chi connectivity index (χ1n) is 5.41. The Morgan fingerprint density at radius 1 is 0.789 bits per heavy atom. The molecule has 0 spiro atoms. The molecule has 0 heterocycles. The van der Waals surface area contributed by atoms with E-state index in [0.29, 0.717) is 0 Å². The molecule has 0 fully saturated rings. The zero-order valence-electron chi connectivity index (χ0n) is 11.6. The molecule has 19 heavy (non-hydrogen) atoms. The molecule has 1 radical (unpaired) electrons. The van der Waals surface area contributed by atoms with Gasteiger partial charge in [0.2, 0.25) is 0 Å². The van der Waals surface area contributed by atoms with E-state index in [0.717, 1.165) is 0 Å². The van der Waals surface area contributed by atoms with E-state index in [1.54, 1.807) is 0 Å². The SMILES string of the molecule is Cc1c(C)c(-c2ccccc2)[c-](C)c1C.Cl.Cl.Cl.[V]. The van der Waals surface area contributed by atoms with Crippen LogP contribution in [0.25, 0.3) is 11.1 Å². The maximum atomic E-state index is 2.22. The second-order valence-electron chi connectivity index (χ2n) is 4.24. The van der Waals surface area contributed by atoms with Crippen molar-refractivity contribution in [1.82, 2.24) is 0 Å². The van der Waals surface area contributed by atoms with Crippen LogP contribution in [0.3, 0.4) is 0 Å². The maximum absolute atomic E-state index is 2.22. The van der Waals surface area contributed by atoms with Gasteiger partial charge in [-0.15, -0.1) is 53.9 Å². The van der Waals surface area contributed by atoms with Crippen molar-refractivity contribution in [3.8, 4) is 11.1 Å². The summed E-state index contributed by atoms with van der Waals surface area (Å²) in [7, 11) is 0. The van der Waals surface area contributed by atoms with Gasteiger partial charge in [-0.2, -0.15) is 11.1 Å². The van der Waals surface area contributed by atoms with Gasteiger partial charge in [-0.3, -0.25) is 0 Å². The molecule has 0 bridgehead atoms. The number of halogens is 3. The number of rotatable bonds is 1. The quantitative estimate of drug-likeness (QED) is 0.585. The number of benzene rings is 1. The second-order valence-corrected chi connectivity index (χ2v) is 4.24. The van der Waals surface area contributed by atoms with E-state index in [4.69, 9.17) is 0 Å². The molecule has 0 saturated heterocycles. The van der Waals surface area contributed by atoms with E-state index in [2.05, 4.69) is 58.0 Å². The summed E-state index contributed by atoms with van der Waals surface area (Å²) in [6, 6.07) is 10.6. The van der Waals surface area contributed by atoms with Gasteiger partial charge in [0.1, 0.15) is 0 Å². The fraction of sp³-hybridized carbons (Fsp3) is 0.267.